The molecule has 3 amide bonds. The minimum absolute atomic E-state index is 0.0487. The molecule has 3 aliphatic heterocycles. The van der Waals surface area contributed by atoms with Gasteiger partial charge in [-0.1, -0.05) is 68.8 Å². The normalized spacial score (nSPS) is 18.4. The number of piperidine rings is 1. The van der Waals surface area contributed by atoms with Gasteiger partial charge in [-0.2, -0.15) is 4.98 Å². The molecule has 402 valence electrons. The highest BCUT2D eigenvalue weighted by Gasteiger charge is 2.43. The van der Waals surface area contributed by atoms with Gasteiger partial charge in [0.15, 0.2) is 5.82 Å². The maximum atomic E-state index is 14.3. The smallest absolute Gasteiger partial charge is 0.246 e. The number of halogens is 1. The van der Waals surface area contributed by atoms with Gasteiger partial charge < -0.3 is 40.9 Å². The lowest BCUT2D eigenvalue weighted by molar-refractivity contribution is -0.141. The maximum Gasteiger partial charge on any atom is 0.246 e. The van der Waals surface area contributed by atoms with Crippen molar-refractivity contribution in [1.29, 1.82) is 0 Å². The monoisotopic (exact) mass is 1080 g/mol. The number of aryl methyl sites for hydroxylation is 1. The quantitative estimate of drug-likeness (QED) is 0.0657. The molecule has 3 atom stereocenters. The number of ether oxygens (including phenoxy) is 1. The number of aliphatic hydroxyl groups is 1. The number of carbonyl (C=O) groups is 3. The van der Waals surface area contributed by atoms with Crippen molar-refractivity contribution in [3.63, 3.8) is 0 Å². The van der Waals surface area contributed by atoms with E-state index in [-0.39, 0.29) is 54.6 Å². The van der Waals surface area contributed by atoms with Gasteiger partial charge in [-0.3, -0.25) is 28.5 Å². The number of aliphatic hydroxyl groups excluding tert-OH is 1. The average Bonchev–Trinajstić information content (AvgIpc) is 3.99. The summed E-state index contributed by atoms with van der Waals surface area (Å²) in [6.07, 6.45) is 4.13. The summed E-state index contributed by atoms with van der Waals surface area (Å²) in [5, 5.41) is 23.4. The molecule has 22 heteroatoms. The van der Waals surface area contributed by atoms with E-state index in [2.05, 4.69) is 50.9 Å². The van der Waals surface area contributed by atoms with E-state index in [1.807, 2.05) is 75.7 Å². The van der Waals surface area contributed by atoms with Crippen molar-refractivity contribution in [2.24, 2.45) is 5.41 Å². The molecule has 75 heavy (non-hydrogen) atoms. The Morgan fingerprint density at radius 3 is 2.33 bits per heavy atom. The number of nitrogens with zero attached hydrogens (tertiary/aromatic N) is 8. The average molecular weight is 1090 g/mol. The van der Waals surface area contributed by atoms with Crippen LogP contribution in [0.5, 0.6) is 5.75 Å². The Morgan fingerprint density at radius 2 is 1.67 bits per heavy atom. The van der Waals surface area contributed by atoms with Crippen LogP contribution in [0.25, 0.3) is 10.4 Å². The molecule has 3 fully saturated rings. The van der Waals surface area contributed by atoms with Crippen LogP contribution < -0.4 is 35.2 Å². The number of carbonyl (C=O) groups excluding carboxylic acids is 3. The van der Waals surface area contributed by atoms with Gasteiger partial charge >= 0.3 is 0 Å². The second-order valence-corrected chi connectivity index (χ2v) is 23.9. The fourth-order valence-corrected chi connectivity index (χ4v) is 11.4. The fourth-order valence-electron chi connectivity index (χ4n) is 9.97. The Kier molecular flexibility index (Phi) is 17.5. The number of hydrogen-bond acceptors (Lipinski definition) is 16. The zero-order valence-electron chi connectivity index (χ0n) is 43.7. The van der Waals surface area contributed by atoms with Gasteiger partial charge in [0.25, 0.3) is 0 Å². The lowest BCUT2D eigenvalue weighted by Gasteiger charge is -2.43. The van der Waals surface area contributed by atoms with E-state index in [4.69, 9.17) is 16.3 Å². The third-order valence-corrected chi connectivity index (χ3v) is 16.7. The number of likely N-dealkylation sites (tertiary alicyclic amines) is 1. The number of hydrogen-bond donors (Lipinski definition) is 5. The van der Waals surface area contributed by atoms with Crippen molar-refractivity contribution in [3.05, 3.63) is 94.7 Å². The van der Waals surface area contributed by atoms with Crippen LogP contribution in [0.15, 0.2) is 78.4 Å². The van der Waals surface area contributed by atoms with Crippen molar-refractivity contribution in [1.82, 2.24) is 40.3 Å². The second-order valence-electron chi connectivity index (χ2n) is 20.6. The Morgan fingerprint density at radius 1 is 0.947 bits per heavy atom. The molecule has 0 radical (unpaired) electrons. The molecule has 5 N–H and O–H groups in total. The van der Waals surface area contributed by atoms with E-state index in [1.54, 1.807) is 47.6 Å². The fraction of sp³-hybridized carbons (Fsp3) is 0.472. The minimum atomic E-state index is -3.52. The lowest BCUT2D eigenvalue weighted by Crippen LogP contribution is -2.58. The van der Waals surface area contributed by atoms with Crippen LogP contribution in [0, 0.1) is 12.3 Å². The van der Waals surface area contributed by atoms with Crippen LogP contribution in [0.3, 0.4) is 0 Å². The topological polar surface area (TPSA) is 218 Å². The Labute approximate surface area is 449 Å². The highest BCUT2D eigenvalue weighted by Crippen LogP contribution is 2.36. The van der Waals surface area contributed by atoms with Gasteiger partial charge in [0.05, 0.1) is 65.4 Å². The van der Waals surface area contributed by atoms with Crippen LogP contribution >= 0.6 is 22.9 Å². The van der Waals surface area contributed by atoms with Gasteiger partial charge in [0.2, 0.25) is 33.7 Å². The Bertz CT molecular complexity index is 2920. The van der Waals surface area contributed by atoms with Crippen molar-refractivity contribution >= 4 is 85.2 Å². The van der Waals surface area contributed by atoms with Crippen LogP contribution in [-0.4, -0.2) is 158 Å². The molecule has 5 heterocycles. The summed E-state index contributed by atoms with van der Waals surface area (Å²) >= 11 is 8.09. The predicted molar refractivity (Wildman–Crippen MR) is 296 cm³/mol. The summed E-state index contributed by atoms with van der Waals surface area (Å²) in [4.78, 5) is 64.2. The summed E-state index contributed by atoms with van der Waals surface area (Å²) < 4.78 is 31.6. The Balaban J connectivity index is 0.789. The summed E-state index contributed by atoms with van der Waals surface area (Å²) in [6, 6.07) is 20.0. The third kappa shape index (κ3) is 13.9. The first-order valence-electron chi connectivity index (χ1n) is 25.3. The minimum Gasteiger partial charge on any atom is -0.494 e. The van der Waals surface area contributed by atoms with Crippen LogP contribution in [-0.2, 0) is 31.0 Å². The molecule has 19 nitrogen and oxygen atoms in total. The van der Waals surface area contributed by atoms with Crippen molar-refractivity contribution in [2.75, 3.05) is 92.6 Å². The first-order valence-corrected chi connectivity index (χ1v) is 28.4. The maximum absolute atomic E-state index is 14.3. The third-order valence-electron chi connectivity index (χ3n) is 14.3. The van der Waals surface area contributed by atoms with Crippen molar-refractivity contribution < 1.29 is 32.6 Å². The van der Waals surface area contributed by atoms with E-state index in [0.29, 0.717) is 41.2 Å². The van der Waals surface area contributed by atoms with E-state index in [1.165, 1.54) is 17.5 Å². The number of anilines is 6. The molecule has 5 aromatic rings. The zero-order valence-corrected chi connectivity index (χ0v) is 46.1. The molecule has 3 saturated heterocycles. The molecule has 0 spiro atoms. The van der Waals surface area contributed by atoms with E-state index >= 15 is 0 Å². The molecule has 3 aromatic carbocycles. The molecule has 8 rings (SSSR count). The number of nitrogens with one attached hydrogen (secondary N) is 4. The number of para-hydroxylation sites is 2. The molecular weight excluding hydrogens is 1020 g/mol. The zero-order chi connectivity index (χ0) is 53.6. The number of aromatic nitrogens is 3. The molecule has 0 bridgehead atoms. The van der Waals surface area contributed by atoms with Crippen LogP contribution in [0.4, 0.5) is 34.5 Å². The summed E-state index contributed by atoms with van der Waals surface area (Å²) in [5.41, 5.74) is 6.83. The molecule has 3 aliphatic rings. The van der Waals surface area contributed by atoms with E-state index in [9.17, 15) is 27.9 Å². The Hall–Kier alpha value is -6.10. The molecule has 0 saturated carbocycles. The number of thiazole rings is 1. The van der Waals surface area contributed by atoms with Crippen molar-refractivity contribution in [2.45, 2.75) is 84.2 Å². The number of rotatable bonds is 18. The molecule has 0 unspecified atom stereocenters. The summed E-state index contributed by atoms with van der Waals surface area (Å²) in [5.74, 6) is 0.428. The molecule has 0 aliphatic carbocycles. The molecular formula is C53H69ClN12O7S2. The van der Waals surface area contributed by atoms with Gasteiger partial charge in [-0.15, -0.1) is 11.3 Å². The summed E-state index contributed by atoms with van der Waals surface area (Å²) in [7, 11) is -0.432. The standard InChI is InChI=1S/C53H69ClN12O7S2/c1-34-48(74-33-57-34)36-14-12-35(13-15-36)29-55-46(68)28-39-26-40(67)31-66(39)51(70)49(53(2,3)4)60-47(69)32-63-22-24-65(25-23-63)37-18-20-64(21-19-37)38-16-17-43(45(27-38)73-6)59-52-56-30-41(54)50(61-52)58-42-10-8-9-11-44(42)62(5)75(7,71)72/h8-17,27,30,33,37,39-40,49,67H,18-26,28-29,31-32H2,1-7H3,(H,55,68)(H,60,69)(H2,56,58,59,61)/t39-,40-,49-/m1/s1. The SMILES string of the molecule is COc1cc(N2CCC(N3CCN(CC(=O)N[C@H](C(=O)N4C[C@H](O)C[C@@H]4CC(=O)NCc4ccc(-c5scnc5C)cc4)C(C)(C)C)CC3)CC2)ccc1Nc1ncc(Cl)c(Nc2ccccc2N(C)S(C)(=O)=O)n1. The first-order chi connectivity index (χ1) is 35.7. The van der Waals surface area contributed by atoms with Crippen LogP contribution in [0.1, 0.15) is 57.7 Å². The number of β-amino-alcohol motifs (C(OH)–C–C–N with tert-alkyl or cyclic N) is 1. The number of sulfonamides is 1. The van der Waals surface area contributed by atoms with E-state index in [0.717, 1.165) is 85.8 Å². The number of benzene rings is 3. The largest absolute Gasteiger partial charge is 0.494 e. The predicted octanol–water partition coefficient (Wildman–Crippen LogP) is 6.24. The number of methoxy groups -OCH3 is 1. The summed E-state index contributed by atoms with van der Waals surface area (Å²) in [6.45, 7) is 13.2. The van der Waals surface area contributed by atoms with Crippen molar-refractivity contribution in [3.8, 4) is 16.2 Å². The van der Waals surface area contributed by atoms with Gasteiger partial charge in [0, 0.05) is 89.7 Å². The highest BCUT2D eigenvalue weighted by atomic mass is 35.5. The first kappa shape index (κ1) is 55.1. The van der Waals surface area contributed by atoms with Gasteiger partial charge in [-0.05, 0) is 67.0 Å². The van der Waals surface area contributed by atoms with Crippen LogP contribution in [0.2, 0.25) is 5.02 Å². The number of piperazine rings is 1. The van der Waals surface area contributed by atoms with E-state index < -0.39 is 33.6 Å². The second kappa shape index (κ2) is 23.8. The van der Waals surface area contributed by atoms with Gasteiger partial charge in [-0.25, -0.2) is 18.4 Å². The number of amides is 3. The highest BCUT2D eigenvalue weighted by molar-refractivity contribution is 7.92. The lowest BCUT2D eigenvalue weighted by atomic mass is 9.85. The van der Waals surface area contributed by atoms with Gasteiger partial charge in [0.1, 0.15) is 16.8 Å². The molecule has 2 aromatic heterocycles.